The van der Waals surface area contributed by atoms with Crippen molar-refractivity contribution in [3.05, 3.63) is 42.2 Å². The normalized spacial score (nSPS) is 23.4. The molecule has 0 radical (unpaired) electrons. The van der Waals surface area contributed by atoms with Crippen molar-refractivity contribution >= 4 is 27.7 Å². The van der Waals surface area contributed by atoms with E-state index in [9.17, 15) is 10.4 Å². The van der Waals surface area contributed by atoms with Crippen molar-refractivity contribution in [2.24, 2.45) is 11.8 Å². The number of nitrogens with one attached hydrogen (secondary N) is 1. The molecule has 5 heterocycles. The number of fused-ring (bicyclic) bond motifs is 3. The van der Waals surface area contributed by atoms with Crippen LogP contribution in [-0.2, 0) is 0 Å². The number of hydrogen-bond donors (Lipinski definition) is 2. The quantitative estimate of drug-likeness (QED) is 0.419. The molecular formula is C26H28N8OS. The van der Waals surface area contributed by atoms with Crippen LogP contribution in [0.5, 0.6) is 0 Å². The van der Waals surface area contributed by atoms with Crippen LogP contribution in [0.2, 0.25) is 0 Å². The van der Waals surface area contributed by atoms with Crippen LogP contribution in [0.25, 0.3) is 27.5 Å². The fraction of sp³-hybridized carbons (Fsp3) is 0.423. The molecule has 1 aliphatic carbocycles. The first-order valence-electron chi connectivity index (χ1n) is 12.3. The summed E-state index contributed by atoms with van der Waals surface area (Å²) in [6.45, 7) is 7.81. The highest BCUT2D eigenvalue weighted by Crippen LogP contribution is 2.46. The molecule has 2 bridgehead atoms. The molecule has 1 saturated carbocycles. The molecule has 36 heavy (non-hydrogen) atoms. The number of pyridine rings is 1. The first kappa shape index (κ1) is 22.9. The van der Waals surface area contributed by atoms with E-state index in [2.05, 4.69) is 45.4 Å². The van der Waals surface area contributed by atoms with Crippen molar-refractivity contribution in [3.8, 4) is 28.0 Å². The summed E-state index contributed by atoms with van der Waals surface area (Å²) in [6.07, 6.45) is 5.54. The Kier molecular flexibility index (Phi) is 5.43. The first-order valence-corrected chi connectivity index (χ1v) is 13.1. The molecule has 184 valence electrons. The number of rotatable bonds is 5. The molecule has 0 aromatic carbocycles. The van der Waals surface area contributed by atoms with Crippen molar-refractivity contribution in [1.29, 1.82) is 5.26 Å². The molecule has 6 rings (SSSR count). The average molecular weight is 501 g/mol. The van der Waals surface area contributed by atoms with Gasteiger partial charge in [0.25, 0.3) is 0 Å². The van der Waals surface area contributed by atoms with E-state index < -0.39 is 5.60 Å². The second kappa shape index (κ2) is 8.54. The van der Waals surface area contributed by atoms with Crippen LogP contribution in [0, 0.1) is 23.2 Å². The highest BCUT2D eigenvalue weighted by atomic mass is 32.1. The highest BCUT2D eigenvalue weighted by molar-refractivity contribution is 7.18. The fourth-order valence-electron chi connectivity index (χ4n) is 5.54. The van der Waals surface area contributed by atoms with Gasteiger partial charge in [-0.25, -0.2) is 4.52 Å². The third-order valence-corrected chi connectivity index (χ3v) is 8.57. The number of nitriles is 1. The van der Waals surface area contributed by atoms with E-state index in [0.29, 0.717) is 5.56 Å². The fourth-order valence-corrected chi connectivity index (χ4v) is 6.42. The topological polar surface area (TPSA) is 115 Å². The molecule has 4 aromatic heterocycles. The van der Waals surface area contributed by atoms with E-state index in [1.165, 1.54) is 0 Å². The molecule has 10 heteroatoms. The second-order valence-electron chi connectivity index (χ2n) is 10.3. The summed E-state index contributed by atoms with van der Waals surface area (Å²) in [5.74, 6) is 0.551. The summed E-state index contributed by atoms with van der Waals surface area (Å²) in [5.41, 5.74) is 4.25. The largest absolute Gasteiger partial charge is 0.389 e. The minimum atomic E-state index is -0.577. The molecule has 0 amide bonds. The standard InChI is InChI=1S/C26H28N8OS/c1-15(2)30-21-9-22(23-7-6-19-8-16(10-27)11-29-34(19)23)28-12-20(21)24-31-32-25(36-24)33-13-17-4-5-18(14-33)26(17,3)35/h6-9,11-12,15,17-18,35H,4-5,13-14H2,1-3H3,(H,28,30)/t17-,18+,26+. The van der Waals surface area contributed by atoms with Crippen LogP contribution in [0.15, 0.2) is 36.7 Å². The van der Waals surface area contributed by atoms with E-state index in [1.807, 2.05) is 37.4 Å². The van der Waals surface area contributed by atoms with Crippen LogP contribution in [0.1, 0.15) is 39.2 Å². The molecule has 0 unspecified atom stereocenters. The van der Waals surface area contributed by atoms with Gasteiger partial charge in [-0.15, -0.1) is 10.2 Å². The van der Waals surface area contributed by atoms with Crippen LogP contribution in [0.4, 0.5) is 10.8 Å². The Balaban J connectivity index is 1.33. The predicted octanol–water partition coefficient (Wildman–Crippen LogP) is 4.20. The van der Waals surface area contributed by atoms with Crippen molar-refractivity contribution in [2.45, 2.75) is 45.3 Å². The zero-order valence-corrected chi connectivity index (χ0v) is 21.3. The number of aliphatic hydroxyl groups is 1. The van der Waals surface area contributed by atoms with E-state index >= 15 is 0 Å². The average Bonchev–Trinajstić information content (AvgIpc) is 3.52. The van der Waals surface area contributed by atoms with Gasteiger partial charge < -0.3 is 15.3 Å². The number of anilines is 2. The first-order chi connectivity index (χ1) is 17.3. The van der Waals surface area contributed by atoms with Gasteiger partial charge in [0.15, 0.2) is 5.01 Å². The zero-order chi connectivity index (χ0) is 25.0. The maximum Gasteiger partial charge on any atom is 0.208 e. The summed E-state index contributed by atoms with van der Waals surface area (Å²) in [5, 5.41) is 38.8. The van der Waals surface area contributed by atoms with Crippen LogP contribution in [0.3, 0.4) is 0 Å². The summed E-state index contributed by atoms with van der Waals surface area (Å²) >= 11 is 1.57. The van der Waals surface area contributed by atoms with Gasteiger partial charge in [-0.2, -0.15) is 10.4 Å². The van der Waals surface area contributed by atoms with Gasteiger partial charge in [0, 0.05) is 42.9 Å². The highest BCUT2D eigenvalue weighted by Gasteiger charge is 2.50. The third-order valence-electron chi connectivity index (χ3n) is 7.55. The van der Waals surface area contributed by atoms with Crippen LogP contribution < -0.4 is 10.2 Å². The Bertz CT molecular complexity index is 1470. The number of hydrogen-bond acceptors (Lipinski definition) is 9. The van der Waals surface area contributed by atoms with E-state index in [0.717, 1.165) is 64.2 Å². The van der Waals surface area contributed by atoms with Gasteiger partial charge in [-0.1, -0.05) is 11.3 Å². The van der Waals surface area contributed by atoms with Gasteiger partial charge in [0.1, 0.15) is 6.07 Å². The molecule has 3 atom stereocenters. The molecule has 4 aromatic rings. The summed E-state index contributed by atoms with van der Waals surface area (Å²) in [6, 6.07) is 10.1. The Hall–Kier alpha value is -3.55. The van der Waals surface area contributed by atoms with Crippen LogP contribution >= 0.6 is 11.3 Å². The molecule has 9 nitrogen and oxygen atoms in total. The van der Waals surface area contributed by atoms with Gasteiger partial charge in [-0.3, -0.25) is 4.98 Å². The number of nitrogens with zero attached hydrogens (tertiary/aromatic N) is 7. The molecule has 1 saturated heterocycles. The minimum Gasteiger partial charge on any atom is -0.389 e. The zero-order valence-electron chi connectivity index (χ0n) is 20.5. The van der Waals surface area contributed by atoms with Crippen molar-refractivity contribution in [1.82, 2.24) is 24.8 Å². The maximum atomic E-state index is 10.8. The molecule has 2 fully saturated rings. The van der Waals surface area contributed by atoms with E-state index in [4.69, 9.17) is 4.98 Å². The Morgan fingerprint density at radius 1 is 1.17 bits per heavy atom. The lowest BCUT2D eigenvalue weighted by atomic mass is 9.82. The van der Waals surface area contributed by atoms with Gasteiger partial charge in [0.2, 0.25) is 5.13 Å². The SMILES string of the molecule is CC(C)Nc1cc(-c2ccc3cc(C#N)cnn23)ncc1-c1nnc(N2C[C@H]3CC[C@@H](C2)[C@@]3(C)O)s1. The Morgan fingerprint density at radius 2 is 1.94 bits per heavy atom. The molecule has 1 aliphatic heterocycles. The van der Waals surface area contributed by atoms with E-state index in [-0.39, 0.29) is 17.9 Å². The van der Waals surface area contributed by atoms with E-state index in [1.54, 1.807) is 22.0 Å². The Morgan fingerprint density at radius 3 is 2.67 bits per heavy atom. The molecule has 0 spiro atoms. The minimum absolute atomic E-state index is 0.215. The molecular weight excluding hydrogens is 472 g/mol. The van der Waals surface area contributed by atoms with Crippen molar-refractivity contribution in [3.63, 3.8) is 0 Å². The number of piperidine rings is 1. The maximum absolute atomic E-state index is 10.8. The summed E-state index contributed by atoms with van der Waals surface area (Å²) < 4.78 is 1.80. The third kappa shape index (κ3) is 3.79. The lowest BCUT2D eigenvalue weighted by Crippen LogP contribution is -2.52. The monoisotopic (exact) mass is 500 g/mol. The second-order valence-corrected chi connectivity index (χ2v) is 11.3. The lowest BCUT2D eigenvalue weighted by Gasteiger charge is -2.42. The summed E-state index contributed by atoms with van der Waals surface area (Å²) in [7, 11) is 0. The van der Waals surface area contributed by atoms with Gasteiger partial charge in [-0.05, 0) is 57.9 Å². The lowest BCUT2D eigenvalue weighted by molar-refractivity contribution is -0.0272. The van der Waals surface area contributed by atoms with Crippen molar-refractivity contribution < 1.29 is 5.11 Å². The predicted molar refractivity (Wildman–Crippen MR) is 140 cm³/mol. The van der Waals surface area contributed by atoms with Gasteiger partial charge >= 0.3 is 0 Å². The molecule has 2 N–H and O–H groups in total. The Labute approximate surface area is 213 Å². The summed E-state index contributed by atoms with van der Waals surface area (Å²) in [4.78, 5) is 7.04. The van der Waals surface area contributed by atoms with Crippen LogP contribution in [-0.4, -0.2) is 54.6 Å². The number of aromatic nitrogens is 5. The van der Waals surface area contributed by atoms with Crippen molar-refractivity contribution in [2.75, 3.05) is 23.3 Å². The van der Waals surface area contributed by atoms with Gasteiger partial charge in [0.05, 0.1) is 39.8 Å². The molecule has 2 aliphatic rings. The smallest absolute Gasteiger partial charge is 0.208 e.